The van der Waals surface area contributed by atoms with Crippen LogP contribution in [-0.4, -0.2) is 57.5 Å². The largest absolute Gasteiger partial charge is 0.314 e. The molecule has 0 radical (unpaired) electrons. The van der Waals surface area contributed by atoms with E-state index in [9.17, 15) is 8.42 Å². The third-order valence-electron chi connectivity index (χ3n) is 3.79. The molecule has 0 aliphatic carbocycles. The highest BCUT2D eigenvalue weighted by Gasteiger charge is 2.25. The lowest BCUT2D eigenvalue weighted by molar-refractivity contribution is 0.255. The van der Waals surface area contributed by atoms with Crippen LogP contribution in [0.1, 0.15) is 19.3 Å². The molecule has 5 heteroatoms. The van der Waals surface area contributed by atoms with Gasteiger partial charge in [0.2, 0.25) is 0 Å². The fraction of sp³-hybridized carbons (Fsp3) is 0.846. The number of sulfone groups is 1. The molecule has 0 saturated carbocycles. The molecule has 2 saturated heterocycles. The standard InChI is InChI=1S/C13H24N2O2S/c1-12(10-15-6-4-14-5-7-15)9-13-3-2-8-18(16,17)11-13/h13-14H,1-11H2. The van der Waals surface area contributed by atoms with Crippen LogP contribution in [0.2, 0.25) is 0 Å². The summed E-state index contributed by atoms with van der Waals surface area (Å²) in [5, 5.41) is 3.33. The quantitative estimate of drug-likeness (QED) is 0.764. The minimum atomic E-state index is -2.78. The highest BCUT2D eigenvalue weighted by Crippen LogP contribution is 2.24. The molecule has 2 fully saturated rings. The van der Waals surface area contributed by atoms with E-state index in [0.717, 1.165) is 52.0 Å². The van der Waals surface area contributed by atoms with Gasteiger partial charge in [0.15, 0.2) is 9.84 Å². The van der Waals surface area contributed by atoms with Crippen molar-refractivity contribution in [1.29, 1.82) is 0 Å². The summed E-state index contributed by atoms with van der Waals surface area (Å²) < 4.78 is 23.2. The zero-order valence-corrected chi connectivity index (χ0v) is 11.8. The van der Waals surface area contributed by atoms with Crippen molar-refractivity contribution in [2.45, 2.75) is 19.3 Å². The number of nitrogens with one attached hydrogen (secondary N) is 1. The Morgan fingerprint density at radius 3 is 2.72 bits per heavy atom. The van der Waals surface area contributed by atoms with Gasteiger partial charge in [0, 0.05) is 32.7 Å². The van der Waals surface area contributed by atoms with Crippen molar-refractivity contribution in [3.05, 3.63) is 12.2 Å². The number of hydrogen-bond donors (Lipinski definition) is 1. The predicted molar refractivity (Wildman–Crippen MR) is 74.4 cm³/mol. The average molecular weight is 272 g/mol. The van der Waals surface area contributed by atoms with Crippen molar-refractivity contribution < 1.29 is 8.42 Å². The second-order valence-corrected chi connectivity index (χ2v) is 7.83. The molecule has 0 bridgehead atoms. The molecule has 2 aliphatic rings. The molecule has 0 aromatic heterocycles. The molecule has 2 rings (SSSR count). The van der Waals surface area contributed by atoms with Gasteiger partial charge in [-0.1, -0.05) is 12.2 Å². The first-order chi connectivity index (χ1) is 8.55. The maximum atomic E-state index is 11.6. The zero-order valence-electron chi connectivity index (χ0n) is 11.0. The van der Waals surface area contributed by atoms with Gasteiger partial charge in [-0.15, -0.1) is 0 Å². The monoisotopic (exact) mass is 272 g/mol. The summed E-state index contributed by atoms with van der Waals surface area (Å²) in [4.78, 5) is 2.40. The highest BCUT2D eigenvalue weighted by atomic mass is 32.2. The summed E-state index contributed by atoms with van der Waals surface area (Å²) in [6, 6.07) is 0. The van der Waals surface area contributed by atoms with Crippen LogP contribution in [0, 0.1) is 5.92 Å². The van der Waals surface area contributed by atoms with Crippen molar-refractivity contribution in [1.82, 2.24) is 10.2 Å². The van der Waals surface area contributed by atoms with Crippen molar-refractivity contribution >= 4 is 9.84 Å². The Hall–Kier alpha value is -0.390. The summed E-state index contributed by atoms with van der Waals surface area (Å²) in [6.07, 6.45) is 2.75. The van der Waals surface area contributed by atoms with Crippen molar-refractivity contribution in [3.8, 4) is 0 Å². The van der Waals surface area contributed by atoms with Crippen LogP contribution in [0.15, 0.2) is 12.2 Å². The molecule has 4 nitrogen and oxygen atoms in total. The summed E-state index contributed by atoms with van der Waals surface area (Å²) in [6.45, 7) is 9.30. The van der Waals surface area contributed by atoms with Gasteiger partial charge in [-0.25, -0.2) is 8.42 Å². The first-order valence-electron chi connectivity index (χ1n) is 6.85. The van der Waals surface area contributed by atoms with Crippen molar-refractivity contribution in [3.63, 3.8) is 0 Å². The van der Waals surface area contributed by atoms with Gasteiger partial charge in [0.25, 0.3) is 0 Å². The van der Waals surface area contributed by atoms with Crippen molar-refractivity contribution in [2.24, 2.45) is 5.92 Å². The van der Waals surface area contributed by atoms with Crippen LogP contribution in [0.5, 0.6) is 0 Å². The van der Waals surface area contributed by atoms with Crippen LogP contribution in [0.4, 0.5) is 0 Å². The van der Waals surface area contributed by atoms with E-state index in [4.69, 9.17) is 0 Å². The van der Waals surface area contributed by atoms with Gasteiger partial charge in [-0.3, -0.25) is 4.90 Å². The molecular formula is C13H24N2O2S. The fourth-order valence-electron chi connectivity index (χ4n) is 2.94. The molecular weight excluding hydrogens is 248 g/mol. The lowest BCUT2D eigenvalue weighted by atomic mass is 9.97. The summed E-state index contributed by atoms with van der Waals surface area (Å²) >= 11 is 0. The Kier molecular flexibility index (Phi) is 4.81. The summed E-state index contributed by atoms with van der Waals surface area (Å²) in [5.74, 6) is 1.06. The SMILES string of the molecule is C=C(CC1CCCS(=O)(=O)C1)CN1CCNCC1. The van der Waals surface area contributed by atoms with E-state index in [2.05, 4.69) is 16.8 Å². The molecule has 0 aromatic rings. The first-order valence-corrected chi connectivity index (χ1v) is 8.67. The normalized spacial score (nSPS) is 29.0. The molecule has 104 valence electrons. The number of piperazine rings is 1. The zero-order chi connectivity index (χ0) is 13.0. The van der Waals surface area contributed by atoms with Crippen LogP contribution in [0.3, 0.4) is 0 Å². The maximum absolute atomic E-state index is 11.6. The van der Waals surface area contributed by atoms with E-state index in [1.165, 1.54) is 5.57 Å². The Bertz CT molecular complexity index is 386. The van der Waals surface area contributed by atoms with E-state index >= 15 is 0 Å². The molecule has 0 amide bonds. The molecule has 1 unspecified atom stereocenters. The predicted octanol–water partition coefficient (Wildman–Crippen LogP) is 0.663. The smallest absolute Gasteiger partial charge is 0.150 e. The minimum absolute atomic E-state index is 0.305. The van der Waals surface area contributed by atoms with E-state index in [1.54, 1.807) is 0 Å². The van der Waals surface area contributed by atoms with Gasteiger partial charge in [-0.2, -0.15) is 0 Å². The first kappa shape index (κ1) is 14.0. The van der Waals surface area contributed by atoms with Gasteiger partial charge < -0.3 is 5.32 Å². The second-order valence-electron chi connectivity index (χ2n) is 5.60. The molecule has 0 aromatic carbocycles. The summed E-state index contributed by atoms with van der Waals surface area (Å²) in [5.41, 5.74) is 1.19. The fourth-order valence-corrected chi connectivity index (χ4v) is 4.71. The number of rotatable bonds is 4. The molecule has 2 aliphatic heterocycles. The van der Waals surface area contributed by atoms with E-state index < -0.39 is 9.84 Å². The molecule has 1 N–H and O–H groups in total. The highest BCUT2D eigenvalue weighted by molar-refractivity contribution is 7.91. The van der Waals surface area contributed by atoms with E-state index in [0.29, 0.717) is 17.4 Å². The second kappa shape index (κ2) is 6.17. The average Bonchev–Trinajstić information content (AvgIpc) is 2.28. The molecule has 0 spiro atoms. The topological polar surface area (TPSA) is 49.4 Å². The lowest BCUT2D eigenvalue weighted by Crippen LogP contribution is -2.44. The van der Waals surface area contributed by atoms with Crippen LogP contribution < -0.4 is 5.32 Å². The van der Waals surface area contributed by atoms with Gasteiger partial charge in [0.05, 0.1) is 11.5 Å². The third kappa shape index (κ3) is 4.37. The van der Waals surface area contributed by atoms with Gasteiger partial charge >= 0.3 is 0 Å². The van der Waals surface area contributed by atoms with Crippen molar-refractivity contribution in [2.75, 3.05) is 44.2 Å². The lowest BCUT2D eigenvalue weighted by Gasteiger charge is -2.29. The van der Waals surface area contributed by atoms with Crippen LogP contribution in [0.25, 0.3) is 0 Å². The van der Waals surface area contributed by atoms with Gasteiger partial charge in [-0.05, 0) is 25.2 Å². The Morgan fingerprint density at radius 2 is 2.06 bits per heavy atom. The third-order valence-corrected chi connectivity index (χ3v) is 5.68. The number of hydrogen-bond acceptors (Lipinski definition) is 4. The molecule has 1 atom stereocenters. The Morgan fingerprint density at radius 1 is 1.33 bits per heavy atom. The van der Waals surface area contributed by atoms with Crippen LogP contribution in [-0.2, 0) is 9.84 Å². The minimum Gasteiger partial charge on any atom is -0.314 e. The Labute approximate surface area is 110 Å². The summed E-state index contributed by atoms with van der Waals surface area (Å²) in [7, 11) is -2.78. The maximum Gasteiger partial charge on any atom is 0.150 e. The Balaban J connectivity index is 1.76. The van der Waals surface area contributed by atoms with Crippen LogP contribution >= 0.6 is 0 Å². The molecule has 18 heavy (non-hydrogen) atoms. The van der Waals surface area contributed by atoms with E-state index in [1.807, 2.05) is 0 Å². The van der Waals surface area contributed by atoms with E-state index in [-0.39, 0.29) is 0 Å². The number of nitrogens with zero attached hydrogens (tertiary/aromatic N) is 1. The van der Waals surface area contributed by atoms with Gasteiger partial charge in [0.1, 0.15) is 0 Å². The molecule has 2 heterocycles.